The third-order valence-corrected chi connectivity index (χ3v) is 7.78. The second-order valence-corrected chi connectivity index (χ2v) is 10.6. The summed E-state index contributed by atoms with van der Waals surface area (Å²) in [5.74, 6) is 0.576. The summed E-state index contributed by atoms with van der Waals surface area (Å²) in [5.41, 5.74) is 4.24. The van der Waals surface area contributed by atoms with Gasteiger partial charge in [-0.1, -0.05) is 47.1 Å². The van der Waals surface area contributed by atoms with Crippen LogP contribution in [0.25, 0.3) is 0 Å². The molecule has 0 atom stereocenters. The molecule has 8 nitrogen and oxygen atoms in total. The number of aromatic nitrogens is 2. The van der Waals surface area contributed by atoms with Crippen molar-refractivity contribution in [2.75, 3.05) is 61.3 Å². The van der Waals surface area contributed by atoms with Crippen molar-refractivity contribution in [1.82, 2.24) is 20.2 Å². The molecule has 0 radical (unpaired) electrons. The van der Waals surface area contributed by atoms with Crippen molar-refractivity contribution in [3.8, 4) is 0 Å². The highest BCUT2D eigenvalue weighted by Crippen LogP contribution is 2.39. The van der Waals surface area contributed by atoms with Crippen LogP contribution in [0.4, 0.5) is 23.0 Å². The van der Waals surface area contributed by atoms with Gasteiger partial charge in [0.2, 0.25) is 5.95 Å². The quantitative estimate of drug-likeness (QED) is 0.433. The molecule has 36 heavy (non-hydrogen) atoms. The van der Waals surface area contributed by atoms with Crippen LogP contribution in [0.5, 0.6) is 0 Å². The van der Waals surface area contributed by atoms with Gasteiger partial charge in [-0.05, 0) is 29.8 Å². The molecule has 2 aromatic carbocycles. The minimum absolute atomic E-state index is 0.225. The monoisotopic (exact) mass is 543 g/mol. The first-order chi connectivity index (χ1) is 17.4. The average Bonchev–Trinajstić information content (AvgIpc) is 2.86. The number of carbonyl (C=O) groups excluding carboxylic acids is 1. The number of nitrogens with one attached hydrogen (secondary N) is 2. The van der Waals surface area contributed by atoms with Gasteiger partial charge in [-0.15, -0.1) is 0 Å². The first kappa shape index (κ1) is 25.1. The number of benzene rings is 2. The maximum absolute atomic E-state index is 13.2. The summed E-state index contributed by atoms with van der Waals surface area (Å²) >= 11 is 14.1. The predicted molar refractivity (Wildman–Crippen MR) is 148 cm³/mol. The molecule has 1 aromatic heterocycles. The van der Waals surface area contributed by atoms with Crippen LogP contribution in [0.15, 0.2) is 47.6 Å². The summed E-state index contributed by atoms with van der Waals surface area (Å²) in [4.78, 5) is 28.4. The fraction of sp³-hybridized carbons (Fsp3) is 0.320. The van der Waals surface area contributed by atoms with E-state index < -0.39 is 0 Å². The topological polar surface area (TPSA) is 76.6 Å². The van der Waals surface area contributed by atoms with Gasteiger partial charge in [-0.3, -0.25) is 14.6 Å². The Bertz CT molecular complexity index is 1260. The summed E-state index contributed by atoms with van der Waals surface area (Å²) in [5, 5.41) is 8.18. The lowest BCUT2D eigenvalue weighted by Gasteiger charge is -2.29. The molecule has 5 rings (SSSR count). The van der Waals surface area contributed by atoms with Crippen LogP contribution in [-0.2, 0) is 6.54 Å². The predicted octanol–water partition coefficient (Wildman–Crippen LogP) is 4.71. The Morgan fingerprint density at radius 3 is 2.61 bits per heavy atom. The average molecular weight is 545 g/mol. The second-order valence-electron chi connectivity index (χ2n) is 8.88. The van der Waals surface area contributed by atoms with Crippen molar-refractivity contribution in [1.29, 1.82) is 0 Å². The zero-order valence-corrected chi connectivity index (χ0v) is 22.4. The highest BCUT2D eigenvalue weighted by Gasteiger charge is 2.30. The van der Waals surface area contributed by atoms with Crippen molar-refractivity contribution < 1.29 is 4.79 Å². The van der Waals surface area contributed by atoms with Crippen LogP contribution < -0.4 is 20.4 Å². The molecule has 1 fully saturated rings. The smallest absolute Gasteiger partial charge is 0.263 e. The lowest BCUT2D eigenvalue weighted by Crippen LogP contribution is -2.43. The van der Waals surface area contributed by atoms with Crippen LogP contribution in [0, 0.1) is 0 Å². The van der Waals surface area contributed by atoms with Gasteiger partial charge in [0.05, 0.1) is 27.2 Å². The summed E-state index contributed by atoms with van der Waals surface area (Å²) in [6.07, 6.45) is 1.56. The molecule has 11 heteroatoms. The van der Waals surface area contributed by atoms with E-state index in [-0.39, 0.29) is 5.91 Å². The SMILES string of the molecule is CN(C)c1cc(Nc2ncc3c(n2)SCN(c2c(Cl)cccc2Cl)C3=O)ccc1CN1CCNCC1. The van der Waals surface area contributed by atoms with E-state index in [4.69, 9.17) is 23.2 Å². The van der Waals surface area contributed by atoms with E-state index in [9.17, 15) is 4.79 Å². The molecule has 1 amide bonds. The Morgan fingerprint density at radius 1 is 1.14 bits per heavy atom. The van der Waals surface area contributed by atoms with Crippen molar-refractivity contribution >= 4 is 63.9 Å². The van der Waals surface area contributed by atoms with E-state index in [1.54, 1.807) is 29.3 Å². The van der Waals surface area contributed by atoms with Crippen LogP contribution >= 0.6 is 35.0 Å². The molecule has 188 valence electrons. The number of rotatable bonds is 6. The Hall–Kier alpha value is -2.56. The Balaban J connectivity index is 1.34. The van der Waals surface area contributed by atoms with Gasteiger partial charge in [0.1, 0.15) is 5.03 Å². The number of anilines is 4. The molecule has 0 saturated carbocycles. The number of para-hydroxylation sites is 1. The number of nitrogens with zero attached hydrogens (tertiary/aromatic N) is 5. The van der Waals surface area contributed by atoms with Crippen LogP contribution in [0.2, 0.25) is 10.0 Å². The van der Waals surface area contributed by atoms with Crippen LogP contribution in [0.1, 0.15) is 15.9 Å². The van der Waals surface area contributed by atoms with Gasteiger partial charge >= 0.3 is 0 Å². The van der Waals surface area contributed by atoms with Gasteiger partial charge in [-0.25, -0.2) is 9.97 Å². The normalized spacial score (nSPS) is 16.1. The van der Waals surface area contributed by atoms with E-state index in [0.717, 1.165) is 44.1 Å². The third-order valence-electron chi connectivity index (χ3n) is 6.19. The number of halogens is 2. The largest absolute Gasteiger partial charge is 0.377 e. The van der Waals surface area contributed by atoms with Crippen LogP contribution in [-0.4, -0.2) is 66.9 Å². The maximum atomic E-state index is 13.2. The standard InChI is InChI=1S/C25H27Cl2N7OS/c1-32(2)21-12-17(7-6-16(21)14-33-10-8-28-9-11-33)30-25-29-13-18-23(31-25)36-15-34(24(18)35)22-19(26)4-3-5-20(22)27/h3-7,12-13,28H,8-11,14-15H2,1-2H3,(H,29,30,31). The maximum Gasteiger partial charge on any atom is 0.263 e. The third kappa shape index (κ3) is 5.26. The summed E-state index contributed by atoms with van der Waals surface area (Å²) < 4.78 is 0. The highest BCUT2D eigenvalue weighted by atomic mass is 35.5. The highest BCUT2D eigenvalue weighted by molar-refractivity contribution is 7.99. The number of amides is 1. The lowest BCUT2D eigenvalue weighted by molar-refractivity contribution is 0.0985. The van der Waals surface area contributed by atoms with Crippen molar-refractivity contribution in [3.63, 3.8) is 0 Å². The summed E-state index contributed by atoms with van der Waals surface area (Å²) in [7, 11) is 4.10. The van der Waals surface area contributed by atoms with Gasteiger partial charge in [0, 0.05) is 64.4 Å². The molecule has 0 spiro atoms. The van der Waals surface area contributed by atoms with E-state index in [1.165, 1.54) is 17.3 Å². The van der Waals surface area contributed by atoms with Crippen LogP contribution in [0.3, 0.4) is 0 Å². The zero-order chi connectivity index (χ0) is 25.2. The molecule has 0 bridgehead atoms. The summed E-state index contributed by atoms with van der Waals surface area (Å²) in [6.45, 7) is 5.06. The Morgan fingerprint density at radius 2 is 1.89 bits per heavy atom. The molecule has 0 unspecified atom stereocenters. The number of fused-ring (bicyclic) bond motifs is 1. The molecular formula is C25H27Cl2N7OS. The number of hydrogen-bond acceptors (Lipinski definition) is 8. The van der Waals surface area contributed by atoms with Crippen molar-refractivity contribution in [2.24, 2.45) is 0 Å². The van der Waals surface area contributed by atoms with E-state index in [2.05, 4.69) is 56.6 Å². The molecule has 2 N–H and O–H groups in total. The molecule has 0 aliphatic carbocycles. The van der Waals surface area contributed by atoms with Crippen molar-refractivity contribution in [3.05, 3.63) is 63.8 Å². The number of thioether (sulfide) groups is 1. The van der Waals surface area contributed by atoms with E-state index in [0.29, 0.717) is 38.1 Å². The Labute approximate surface area is 225 Å². The minimum Gasteiger partial charge on any atom is -0.377 e. The number of hydrogen-bond donors (Lipinski definition) is 2. The van der Waals surface area contributed by atoms with E-state index in [1.807, 2.05) is 6.07 Å². The molecule has 3 aromatic rings. The van der Waals surface area contributed by atoms with Crippen molar-refractivity contribution in [2.45, 2.75) is 11.6 Å². The van der Waals surface area contributed by atoms with Gasteiger partial charge in [0.25, 0.3) is 5.91 Å². The molecule has 1 saturated heterocycles. The number of piperazine rings is 1. The minimum atomic E-state index is -0.225. The van der Waals surface area contributed by atoms with E-state index >= 15 is 0 Å². The lowest BCUT2D eigenvalue weighted by atomic mass is 10.1. The first-order valence-corrected chi connectivity index (χ1v) is 13.4. The summed E-state index contributed by atoms with van der Waals surface area (Å²) in [6, 6.07) is 11.5. The fourth-order valence-corrected chi connectivity index (χ4v) is 5.90. The first-order valence-electron chi connectivity index (χ1n) is 11.7. The number of carbonyl (C=O) groups is 1. The second kappa shape index (κ2) is 10.8. The van der Waals surface area contributed by atoms with Gasteiger partial charge < -0.3 is 15.5 Å². The fourth-order valence-electron chi connectivity index (χ4n) is 4.36. The molecule has 2 aliphatic rings. The molecular weight excluding hydrogens is 517 g/mol. The van der Waals surface area contributed by atoms with Gasteiger partial charge in [-0.2, -0.15) is 0 Å². The molecule has 3 heterocycles. The Kier molecular flexibility index (Phi) is 7.55. The van der Waals surface area contributed by atoms with Gasteiger partial charge in [0.15, 0.2) is 0 Å². The zero-order valence-electron chi connectivity index (χ0n) is 20.1. The molecule has 2 aliphatic heterocycles.